The zero-order chi connectivity index (χ0) is 17.8. The van der Waals surface area contributed by atoms with Crippen molar-refractivity contribution in [1.29, 1.82) is 0 Å². The summed E-state index contributed by atoms with van der Waals surface area (Å²) >= 11 is 0. The predicted octanol–water partition coefficient (Wildman–Crippen LogP) is 4.79. The van der Waals surface area contributed by atoms with Gasteiger partial charge < -0.3 is 14.2 Å². The van der Waals surface area contributed by atoms with Crippen molar-refractivity contribution in [3.63, 3.8) is 0 Å². The average molecular weight is 340 g/mol. The fraction of sp³-hybridized carbons (Fsp3) is 0.381. The second kappa shape index (κ2) is 7.70. The van der Waals surface area contributed by atoms with Crippen molar-refractivity contribution in [2.24, 2.45) is 0 Å². The van der Waals surface area contributed by atoms with Gasteiger partial charge in [-0.2, -0.15) is 0 Å². The summed E-state index contributed by atoms with van der Waals surface area (Å²) in [5, 5.41) is 1.84. The highest BCUT2D eigenvalue weighted by molar-refractivity contribution is 5.98. The highest BCUT2D eigenvalue weighted by Crippen LogP contribution is 2.36. The molecule has 0 spiro atoms. The van der Waals surface area contributed by atoms with Crippen LogP contribution in [0.4, 0.5) is 0 Å². The Labute approximate surface area is 148 Å². The van der Waals surface area contributed by atoms with Crippen molar-refractivity contribution < 1.29 is 19.0 Å². The van der Waals surface area contributed by atoms with E-state index in [4.69, 9.17) is 14.2 Å². The van der Waals surface area contributed by atoms with Crippen molar-refractivity contribution in [3.8, 4) is 11.5 Å². The normalized spacial score (nSPS) is 17.3. The van der Waals surface area contributed by atoms with Gasteiger partial charge in [0, 0.05) is 22.8 Å². The fourth-order valence-corrected chi connectivity index (χ4v) is 3.03. The smallest absolute Gasteiger partial charge is 0.338 e. The van der Waals surface area contributed by atoms with Crippen molar-refractivity contribution in [3.05, 3.63) is 48.0 Å². The quantitative estimate of drug-likeness (QED) is 0.446. The minimum absolute atomic E-state index is 0.217. The molecule has 2 aromatic rings. The van der Waals surface area contributed by atoms with Gasteiger partial charge in [-0.15, -0.1) is 0 Å². The van der Waals surface area contributed by atoms with E-state index in [0.717, 1.165) is 54.4 Å². The Kier molecular flexibility index (Phi) is 5.39. The van der Waals surface area contributed by atoms with E-state index in [0.29, 0.717) is 11.3 Å². The minimum Gasteiger partial charge on any atom is -0.464 e. The second-order valence-corrected chi connectivity index (χ2v) is 6.34. The summed E-state index contributed by atoms with van der Waals surface area (Å²) in [6, 6.07) is 9.63. The van der Waals surface area contributed by atoms with Crippen LogP contribution in [0.3, 0.4) is 0 Å². The van der Waals surface area contributed by atoms with Crippen molar-refractivity contribution in [1.82, 2.24) is 0 Å². The number of fused-ring (bicyclic) bond motifs is 1. The Hall–Kier alpha value is -2.33. The molecule has 1 fully saturated rings. The highest BCUT2D eigenvalue weighted by Gasteiger charge is 2.19. The number of aryl methyl sites for hydroxylation is 1. The summed E-state index contributed by atoms with van der Waals surface area (Å²) in [7, 11) is 0. The molecule has 25 heavy (non-hydrogen) atoms. The van der Waals surface area contributed by atoms with Gasteiger partial charge in [-0.25, -0.2) is 4.79 Å². The van der Waals surface area contributed by atoms with E-state index in [-0.39, 0.29) is 6.29 Å². The molecule has 1 unspecified atom stereocenters. The van der Waals surface area contributed by atoms with E-state index >= 15 is 0 Å². The van der Waals surface area contributed by atoms with E-state index in [1.165, 1.54) is 0 Å². The zero-order valence-corrected chi connectivity index (χ0v) is 14.8. The summed E-state index contributed by atoms with van der Waals surface area (Å²) in [5.74, 6) is 0.872. The monoisotopic (exact) mass is 340 g/mol. The molecule has 2 aromatic carbocycles. The summed E-state index contributed by atoms with van der Waals surface area (Å²) in [5.41, 5.74) is 1.52. The topological polar surface area (TPSA) is 44.8 Å². The first-order valence-electron chi connectivity index (χ1n) is 8.80. The third-order valence-electron chi connectivity index (χ3n) is 4.38. The lowest BCUT2D eigenvalue weighted by Crippen LogP contribution is -2.25. The number of rotatable bonds is 5. The Bertz CT molecular complexity index is 788. The lowest BCUT2D eigenvalue weighted by molar-refractivity contribution is -0.130. The molecule has 0 aromatic heterocycles. The molecular weight excluding hydrogens is 316 g/mol. The van der Waals surface area contributed by atoms with Crippen LogP contribution in [0.15, 0.2) is 42.5 Å². The van der Waals surface area contributed by atoms with Crippen molar-refractivity contribution >= 4 is 16.7 Å². The zero-order valence-electron chi connectivity index (χ0n) is 14.8. The largest absolute Gasteiger partial charge is 0.464 e. The van der Waals surface area contributed by atoms with Crippen LogP contribution < -0.4 is 9.47 Å². The number of benzene rings is 2. The molecule has 0 aliphatic carbocycles. The molecule has 1 aliphatic rings. The third kappa shape index (κ3) is 3.85. The summed E-state index contributed by atoms with van der Waals surface area (Å²) in [6.07, 6.45) is 3.72. The van der Waals surface area contributed by atoms with Gasteiger partial charge in [-0.05, 0) is 43.9 Å². The maximum absolute atomic E-state index is 11.9. The standard InChI is InChI=1S/C21H24O4/c1-4-15-11-12-17(25-21(22)14(2)3)16-8-7-9-18(20(15)16)24-19-10-5-6-13-23-19/h7-9,11-12,19H,2,4-6,10,13H2,1,3H3. The molecular formula is C21H24O4. The molecule has 1 aliphatic heterocycles. The average Bonchev–Trinajstić information content (AvgIpc) is 2.63. The van der Waals surface area contributed by atoms with Crippen LogP contribution >= 0.6 is 0 Å². The molecule has 0 amide bonds. The van der Waals surface area contributed by atoms with Crippen molar-refractivity contribution in [2.75, 3.05) is 6.61 Å². The van der Waals surface area contributed by atoms with Gasteiger partial charge in [0.1, 0.15) is 11.5 Å². The minimum atomic E-state index is -0.424. The lowest BCUT2D eigenvalue weighted by Gasteiger charge is -2.24. The van der Waals surface area contributed by atoms with Gasteiger partial charge in [0.25, 0.3) is 0 Å². The Morgan fingerprint density at radius 2 is 2.08 bits per heavy atom. The third-order valence-corrected chi connectivity index (χ3v) is 4.38. The van der Waals surface area contributed by atoms with Gasteiger partial charge in [-0.1, -0.05) is 31.7 Å². The van der Waals surface area contributed by atoms with E-state index < -0.39 is 5.97 Å². The second-order valence-electron chi connectivity index (χ2n) is 6.34. The molecule has 1 saturated heterocycles. The maximum atomic E-state index is 11.9. The van der Waals surface area contributed by atoms with Gasteiger partial charge >= 0.3 is 5.97 Å². The van der Waals surface area contributed by atoms with Gasteiger partial charge in [-0.3, -0.25) is 0 Å². The number of ether oxygens (including phenoxy) is 3. The van der Waals surface area contributed by atoms with Gasteiger partial charge in [0.15, 0.2) is 6.29 Å². The Morgan fingerprint density at radius 3 is 2.76 bits per heavy atom. The molecule has 1 atom stereocenters. The first-order valence-corrected chi connectivity index (χ1v) is 8.80. The summed E-state index contributed by atoms with van der Waals surface area (Å²) in [4.78, 5) is 11.9. The maximum Gasteiger partial charge on any atom is 0.338 e. The molecule has 3 rings (SSSR count). The summed E-state index contributed by atoms with van der Waals surface area (Å²) < 4.78 is 17.4. The van der Waals surface area contributed by atoms with Crippen molar-refractivity contribution in [2.45, 2.75) is 45.8 Å². The SMILES string of the molecule is C=C(C)C(=O)Oc1ccc(CC)c2c(OC3CCCCO3)cccc12. The van der Waals surface area contributed by atoms with Crippen LogP contribution in [0.25, 0.3) is 10.8 Å². The first kappa shape index (κ1) is 17.5. The van der Waals surface area contributed by atoms with E-state index in [2.05, 4.69) is 13.5 Å². The van der Waals surface area contributed by atoms with Crippen LogP contribution in [0.5, 0.6) is 11.5 Å². The lowest BCUT2D eigenvalue weighted by atomic mass is 10.0. The van der Waals surface area contributed by atoms with Crippen LogP contribution in [-0.4, -0.2) is 18.9 Å². The number of esters is 1. The predicted molar refractivity (Wildman–Crippen MR) is 98.0 cm³/mol. The highest BCUT2D eigenvalue weighted by atomic mass is 16.7. The van der Waals surface area contributed by atoms with Crippen LogP contribution in [0.1, 0.15) is 38.7 Å². The fourth-order valence-electron chi connectivity index (χ4n) is 3.03. The number of carbonyl (C=O) groups is 1. The molecule has 0 bridgehead atoms. The summed E-state index contributed by atoms with van der Waals surface area (Å²) in [6.45, 7) is 8.12. The molecule has 0 radical (unpaired) electrons. The number of carbonyl (C=O) groups excluding carboxylic acids is 1. The van der Waals surface area contributed by atoms with Crippen LogP contribution in [0.2, 0.25) is 0 Å². The molecule has 0 saturated carbocycles. The number of hydrogen-bond acceptors (Lipinski definition) is 4. The number of hydrogen-bond donors (Lipinski definition) is 0. The van der Waals surface area contributed by atoms with Gasteiger partial charge in [0.05, 0.1) is 6.61 Å². The Morgan fingerprint density at radius 1 is 1.24 bits per heavy atom. The van der Waals surface area contributed by atoms with Crippen LogP contribution in [0, 0.1) is 0 Å². The van der Waals surface area contributed by atoms with E-state index in [9.17, 15) is 4.79 Å². The van der Waals surface area contributed by atoms with Gasteiger partial charge in [0.2, 0.25) is 0 Å². The molecule has 0 N–H and O–H groups in total. The van der Waals surface area contributed by atoms with E-state index in [1.54, 1.807) is 6.92 Å². The Balaban J connectivity index is 2.02. The molecule has 1 heterocycles. The van der Waals surface area contributed by atoms with E-state index in [1.807, 2.05) is 30.3 Å². The van der Waals surface area contributed by atoms with Crippen LogP contribution in [-0.2, 0) is 16.0 Å². The first-order chi connectivity index (χ1) is 12.1. The molecule has 132 valence electrons. The molecule has 4 heteroatoms. The molecule has 4 nitrogen and oxygen atoms in total.